The summed E-state index contributed by atoms with van der Waals surface area (Å²) in [5, 5.41) is 10.4. The largest absolute Gasteiger partial charge is 0.497 e. The molecule has 1 N–H and O–H groups in total. The zero-order valence-corrected chi connectivity index (χ0v) is 10.8. The van der Waals surface area contributed by atoms with E-state index in [1.54, 1.807) is 7.11 Å². The fraction of sp³-hybridized carbons (Fsp3) is 0.600. The molecule has 2 aliphatic carbocycles. The summed E-state index contributed by atoms with van der Waals surface area (Å²) in [6.45, 7) is 0. The number of benzene rings is 1. The summed E-state index contributed by atoms with van der Waals surface area (Å²) in [6, 6.07) is 5.95. The molecule has 0 radical (unpaired) electrons. The lowest BCUT2D eigenvalue weighted by atomic mass is 9.86. The lowest BCUT2D eigenvalue weighted by molar-refractivity contribution is -0.110. The molecule has 98 valence electrons. The van der Waals surface area contributed by atoms with E-state index >= 15 is 0 Å². The molecule has 3 nitrogen and oxygen atoms in total. The third kappa shape index (κ3) is 2.13. The summed E-state index contributed by atoms with van der Waals surface area (Å²) < 4.78 is 11.2. The molecular weight excluding hydrogens is 228 g/mol. The van der Waals surface area contributed by atoms with Crippen LogP contribution >= 0.6 is 0 Å². The molecule has 0 spiro atoms. The van der Waals surface area contributed by atoms with Gasteiger partial charge in [-0.05, 0) is 55.4 Å². The molecule has 2 aliphatic rings. The first-order valence-electron chi connectivity index (χ1n) is 6.78. The van der Waals surface area contributed by atoms with Crippen LogP contribution in [0.2, 0.25) is 0 Å². The van der Waals surface area contributed by atoms with Gasteiger partial charge in [-0.2, -0.15) is 0 Å². The number of fused-ring (bicyclic) bond motifs is 1. The first-order valence-corrected chi connectivity index (χ1v) is 6.78. The molecule has 0 heterocycles. The molecule has 1 saturated carbocycles. The van der Waals surface area contributed by atoms with Gasteiger partial charge in [0, 0.05) is 0 Å². The predicted molar refractivity (Wildman–Crippen MR) is 68.8 cm³/mol. The number of aryl methyl sites for hydroxylation is 1. The Hall–Kier alpha value is -1.06. The van der Waals surface area contributed by atoms with Gasteiger partial charge in [0.15, 0.2) is 0 Å². The molecule has 3 heteroatoms. The van der Waals surface area contributed by atoms with Crippen LogP contribution in [0.5, 0.6) is 5.75 Å². The normalized spacial score (nSPS) is 27.4. The first kappa shape index (κ1) is 12.0. The Balaban J connectivity index is 1.78. The zero-order valence-electron chi connectivity index (χ0n) is 10.8. The number of ether oxygens (including phenoxy) is 2. The third-order valence-corrected chi connectivity index (χ3v) is 4.14. The van der Waals surface area contributed by atoms with E-state index in [-0.39, 0.29) is 6.10 Å². The highest BCUT2D eigenvalue weighted by Gasteiger charge is 2.32. The number of methoxy groups -OCH3 is 1. The van der Waals surface area contributed by atoms with Crippen molar-refractivity contribution in [1.29, 1.82) is 0 Å². The molecule has 2 unspecified atom stereocenters. The van der Waals surface area contributed by atoms with Crippen LogP contribution < -0.4 is 4.74 Å². The molecule has 0 aromatic heterocycles. The Bertz CT molecular complexity index is 426. The summed E-state index contributed by atoms with van der Waals surface area (Å²) >= 11 is 0. The minimum absolute atomic E-state index is 0.0464. The SMILES string of the molecule is COc1ccc2c(c1)C(O)C(OC1CCC1)CC2. The zero-order chi connectivity index (χ0) is 12.5. The number of aliphatic hydroxyl groups is 1. The van der Waals surface area contributed by atoms with Gasteiger partial charge in [-0.1, -0.05) is 6.07 Å². The number of hydrogen-bond acceptors (Lipinski definition) is 3. The van der Waals surface area contributed by atoms with Crippen molar-refractivity contribution < 1.29 is 14.6 Å². The molecule has 1 fully saturated rings. The minimum atomic E-state index is -0.510. The smallest absolute Gasteiger partial charge is 0.119 e. The van der Waals surface area contributed by atoms with E-state index in [1.165, 1.54) is 12.0 Å². The van der Waals surface area contributed by atoms with Crippen LogP contribution in [0.3, 0.4) is 0 Å². The molecule has 1 aromatic carbocycles. The predicted octanol–water partition coefficient (Wildman–Crippen LogP) is 2.61. The van der Waals surface area contributed by atoms with E-state index in [0.717, 1.165) is 37.0 Å². The second kappa shape index (κ2) is 4.90. The maximum absolute atomic E-state index is 10.4. The molecule has 1 aromatic rings. The Morgan fingerprint density at radius 3 is 2.72 bits per heavy atom. The lowest BCUT2D eigenvalue weighted by Gasteiger charge is -2.36. The molecule has 0 amide bonds. The van der Waals surface area contributed by atoms with Gasteiger partial charge in [0.25, 0.3) is 0 Å². The van der Waals surface area contributed by atoms with E-state index in [2.05, 4.69) is 6.07 Å². The molecule has 0 bridgehead atoms. The van der Waals surface area contributed by atoms with E-state index in [4.69, 9.17) is 9.47 Å². The van der Waals surface area contributed by atoms with Crippen molar-refractivity contribution in [2.75, 3.05) is 7.11 Å². The van der Waals surface area contributed by atoms with Crippen LogP contribution in [0.25, 0.3) is 0 Å². The molecular formula is C15H20O3. The van der Waals surface area contributed by atoms with Gasteiger partial charge >= 0.3 is 0 Å². The number of rotatable bonds is 3. The Labute approximate surface area is 108 Å². The minimum Gasteiger partial charge on any atom is -0.497 e. The van der Waals surface area contributed by atoms with Gasteiger partial charge in [0.2, 0.25) is 0 Å². The standard InChI is InChI=1S/C15H20O3/c1-17-12-7-5-10-6-8-14(15(16)13(10)9-12)18-11-3-2-4-11/h5,7,9,11,14-16H,2-4,6,8H2,1H3. The van der Waals surface area contributed by atoms with Crippen molar-refractivity contribution in [2.45, 2.75) is 50.4 Å². The van der Waals surface area contributed by atoms with Crippen LogP contribution in [0.4, 0.5) is 0 Å². The van der Waals surface area contributed by atoms with Gasteiger partial charge in [0.1, 0.15) is 11.9 Å². The second-order valence-electron chi connectivity index (χ2n) is 5.28. The van der Waals surface area contributed by atoms with Gasteiger partial charge in [-0.3, -0.25) is 0 Å². The molecule has 0 saturated heterocycles. The quantitative estimate of drug-likeness (QED) is 0.893. The molecule has 18 heavy (non-hydrogen) atoms. The van der Waals surface area contributed by atoms with Gasteiger partial charge < -0.3 is 14.6 Å². The van der Waals surface area contributed by atoms with Crippen LogP contribution in [-0.2, 0) is 11.2 Å². The average molecular weight is 248 g/mol. The van der Waals surface area contributed by atoms with Crippen LogP contribution in [0.15, 0.2) is 18.2 Å². The maximum Gasteiger partial charge on any atom is 0.119 e. The van der Waals surface area contributed by atoms with Crippen molar-refractivity contribution in [2.24, 2.45) is 0 Å². The number of aliphatic hydroxyl groups excluding tert-OH is 1. The van der Waals surface area contributed by atoms with Gasteiger partial charge in [0.05, 0.1) is 19.3 Å². The third-order valence-electron chi connectivity index (χ3n) is 4.14. The summed E-state index contributed by atoms with van der Waals surface area (Å²) in [5.41, 5.74) is 2.20. The summed E-state index contributed by atoms with van der Waals surface area (Å²) in [6.07, 6.45) is 5.27. The van der Waals surface area contributed by atoms with Crippen molar-refractivity contribution in [3.63, 3.8) is 0 Å². The highest BCUT2D eigenvalue weighted by atomic mass is 16.5. The van der Waals surface area contributed by atoms with E-state index in [0.29, 0.717) is 6.10 Å². The number of hydrogen-bond donors (Lipinski definition) is 1. The van der Waals surface area contributed by atoms with Crippen LogP contribution in [0, 0.1) is 0 Å². The summed E-state index contributed by atoms with van der Waals surface area (Å²) in [7, 11) is 1.65. The van der Waals surface area contributed by atoms with Gasteiger partial charge in [-0.15, -0.1) is 0 Å². The first-order chi connectivity index (χ1) is 8.78. The topological polar surface area (TPSA) is 38.7 Å². The monoisotopic (exact) mass is 248 g/mol. The lowest BCUT2D eigenvalue weighted by Crippen LogP contribution is -2.34. The van der Waals surface area contributed by atoms with Crippen molar-refractivity contribution >= 4 is 0 Å². The van der Waals surface area contributed by atoms with Crippen LogP contribution in [0.1, 0.15) is 42.9 Å². The highest BCUT2D eigenvalue weighted by Crippen LogP contribution is 2.36. The maximum atomic E-state index is 10.4. The highest BCUT2D eigenvalue weighted by molar-refractivity contribution is 5.39. The Morgan fingerprint density at radius 2 is 2.06 bits per heavy atom. The average Bonchev–Trinajstić information content (AvgIpc) is 2.35. The van der Waals surface area contributed by atoms with Crippen molar-refractivity contribution in [3.8, 4) is 5.75 Å². The summed E-state index contributed by atoms with van der Waals surface area (Å²) in [4.78, 5) is 0. The van der Waals surface area contributed by atoms with E-state index in [1.807, 2.05) is 12.1 Å². The van der Waals surface area contributed by atoms with E-state index in [9.17, 15) is 5.11 Å². The Morgan fingerprint density at radius 1 is 1.22 bits per heavy atom. The molecule has 0 aliphatic heterocycles. The fourth-order valence-corrected chi connectivity index (χ4v) is 2.76. The van der Waals surface area contributed by atoms with Gasteiger partial charge in [-0.25, -0.2) is 0 Å². The van der Waals surface area contributed by atoms with Crippen molar-refractivity contribution in [1.82, 2.24) is 0 Å². The van der Waals surface area contributed by atoms with Crippen LogP contribution in [-0.4, -0.2) is 24.4 Å². The Kier molecular flexibility index (Phi) is 3.27. The summed E-state index contributed by atoms with van der Waals surface area (Å²) in [5.74, 6) is 0.803. The second-order valence-corrected chi connectivity index (χ2v) is 5.28. The molecule has 2 atom stereocenters. The van der Waals surface area contributed by atoms with Crippen molar-refractivity contribution in [3.05, 3.63) is 29.3 Å². The fourth-order valence-electron chi connectivity index (χ4n) is 2.76. The molecule has 3 rings (SSSR count). The van der Waals surface area contributed by atoms with E-state index < -0.39 is 6.10 Å².